The maximum atomic E-state index is 12.6. The molecule has 0 saturated carbocycles. The lowest BCUT2D eigenvalue weighted by Gasteiger charge is -2.38. The standard InChI is InChI=1S/C19H15NO2/c21-18-16-9-4-5-10-17(16)19(20(18)13-6-14-22-19)12-11-15-7-2-1-3-8-15/h1-5,7-10H,6,13-14H2. The first-order valence-corrected chi connectivity index (χ1v) is 7.45. The van der Waals surface area contributed by atoms with Crippen molar-refractivity contribution in [2.75, 3.05) is 13.2 Å². The molecule has 3 nitrogen and oxygen atoms in total. The second-order valence-electron chi connectivity index (χ2n) is 5.46. The predicted molar refractivity (Wildman–Crippen MR) is 83.0 cm³/mol. The Morgan fingerprint density at radius 2 is 1.82 bits per heavy atom. The highest BCUT2D eigenvalue weighted by Gasteiger charge is 2.51. The SMILES string of the molecule is O=C1c2ccccc2C2(C#Cc3ccccc3)OCCCN12. The molecule has 0 bridgehead atoms. The van der Waals surface area contributed by atoms with Crippen molar-refractivity contribution in [3.8, 4) is 11.8 Å². The van der Waals surface area contributed by atoms with E-state index in [-0.39, 0.29) is 5.91 Å². The number of hydrogen-bond donors (Lipinski definition) is 0. The van der Waals surface area contributed by atoms with Gasteiger partial charge in [-0.25, -0.2) is 0 Å². The largest absolute Gasteiger partial charge is 0.341 e. The van der Waals surface area contributed by atoms with Crippen LogP contribution in [0, 0.1) is 11.8 Å². The number of fused-ring (bicyclic) bond motifs is 3. The van der Waals surface area contributed by atoms with Crippen molar-refractivity contribution in [1.82, 2.24) is 4.90 Å². The molecule has 2 aromatic carbocycles. The lowest BCUT2D eigenvalue weighted by Crippen LogP contribution is -2.49. The third kappa shape index (κ3) is 1.85. The fraction of sp³-hybridized carbons (Fsp3) is 0.211. The molecule has 4 rings (SSSR count). The van der Waals surface area contributed by atoms with E-state index in [9.17, 15) is 4.79 Å². The molecule has 0 aliphatic carbocycles. The smallest absolute Gasteiger partial charge is 0.257 e. The van der Waals surface area contributed by atoms with Crippen molar-refractivity contribution < 1.29 is 9.53 Å². The van der Waals surface area contributed by atoms with Gasteiger partial charge in [-0.05, 0) is 30.5 Å². The number of carbonyl (C=O) groups excluding carboxylic acids is 1. The van der Waals surface area contributed by atoms with Crippen molar-refractivity contribution in [3.05, 3.63) is 71.3 Å². The van der Waals surface area contributed by atoms with Crippen molar-refractivity contribution in [2.24, 2.45) is 0 Å². The molecule has 2 aromatic rings. The van der Waals surface area contributed by atoms with Gasteiger partial charge in [-0.1, -0.05) is 42.3 Å². The minimum atomic E-state index is -0.929. The minimum Gasteiger partial charge on any atom is -0.341 e. The van der Waals surface area contributed by atoms with Gasteiger partial charge in [-0.2, -0.15) is 0 Å². The van der Waals surface area contributed by atoms with E-state index in [1.54, 1.807) is 4.90 Å². The normalized spacial score (nSPS) is 22.5. The van der Waals surface area contributed by atoms with Crippen LogP contribution in [0.25, 0.3) is 0 Å². The Labute approximate surface area is 129 Å². The van der Waals surface area contributed by atoms with Gasteiger partial charge < -0.3 is 4.74 Å². The van der Waals surface area contributed by atoms with Gasteiger partial charge in [-0.15, -0.1) is 0 Å². The number of ether oxygens (including phenoxy) is 1. The molecule has 2 aliphatic heterocycles. The molecule has 2 heterocycles. The first kappa shape index (κ1) is 13.1. The number of rotatable bonds is 0. The van der Waals surface area contributed by atoms with Crippen LogP contribution in [-0.2, 0) is 10.5 Å². The van der Waals surface area contributed by atoms with Gasteiger partial charge in [0, 0.05) is 23.2 Å². The molecule has 1 unspecified atom stereocenters. The zero-order valence-corrected chi connectivity index (χ0v) is 12.1. The van der Waals surface area contributed by atoms with Gasteiger partial charge in [0.2, 0.25) is 5.72 Å². The van der Waals surface area contributed by atoms with Crippen LogP contribution in [0.2, 0.25) is 0 Å². The van der Waals surface area contributed by atoms with E-state index < -0.39 is 5.72 Å². The molecule has 22 heavy (non-hydrogen) atoms. The van der Waals surface area contributed by atoms with Crippen LogP contribution in [0.3, 0.4) is 0 Å². The van der Waals surface area contributed by atoms with Gasteiger partial charge in [0.05, 0.1) is 6.61 Å². The summed E-state index contributed by atoms with van der Waals surface area (Å²) >= 11 is 0. The van der Waals surface area contributed by atoms with Crippen LogP contribution >= 0.6 is 0 Å². The summed E-state index contributed by atoms with van der Waals surface area (Å²) in [5, 5.41) is 0. The zero-order valence-electron chi connectivity index (χ0n) is 12.1. The van der Waals surface area contributed by atoms with E-state index in [0.29, 0.717) is 18.7 Å². The summed E-state index contributed by atoms with van der Waals surface area (Å²) in [5.41, 5.74) is 1.56. The summed E-state index contributed by atoms with van der Waals surface area (Å²) in [6.45, 7) is 1.29. The van der Waals surface area contributed by atoms with Crippen LogP contribution in [0.1, 0.15) is 27.9 Å². The van der Waals surface area contributed by atoms with Crippen LogP contribution in [0.4, 0.5) is 0 Å². The molecule has 0 spiro atoms. The first-order chi connectivity index (χ1) is 10.8. The van der Waals surface area contributed by atoms with Gasteiger partial charge in [-0.3, -0.25) is 9.69 Å². The fourth-order valence-corrected chi connectivity index (χ4v) is 3.11. The van der Waals surface area contributed by atoms with E-state index in [2.05, 4.69) is 11.8 Å². The lowest BCUT2D eigenvalue weighted by molar-refractivity contribution is -0.125. The Kier molecular flexibility index (Phi) is 2.99. The molecular formula is C19H15NO2. The van der Waals surface area contributed by atoms with E-state index >= 15 is 0 Å². The van der Waals surface area contributed by atoms with Crippen molar-refractivity contribution in [2.45, 2.75) is 12.1 Å². The molecule has 0 aromatic heterocycles. The van der Waals surface area contributed by atoms with Crippen LogP contribution in [0.5, 0.6) is 0 Å². The van der Waals surface area contributed by atoms with Gasteiger partial charge in [0.15, 0.2) is 0 Å². The Balaban J connectivity index is 1.86. The summed E-state index contributed by atoms with van der Waals surface area (Å²) < 4.78 is 6.04. The molecule has 1 saturated heterocycles. The van der Waals surface area contributed by atoms with E-state index in [1.807, 2.05) is 54.6 Å². The summed E-state index contributed by atoms with van der Waals surface area (Å²) in [7, 11) is 0. The average Bonchev–Trinajstić information content (AvgIpc) is 2.85. The topological polar surface area (TPSA) is 29.5 Å². The average molecular weight is 289 g/mol. The third-order valence-electron chi connectivity index (χ3n) is 4.13. The van der Waals surface area contributed by atoms with E-state index in [0.717, 1.165) is 17.5 Å². The molecule has 1 amide bonds. The molecule has 108 valence electrons. The molecule has 1 atom stereocenters. The van der Waals surface area contributed by atoms with Gasteiger partial charge in [0.25, 0.3) is 5.91 Å². The summed E-state index contributed by atoms with van der Waals surface area (Å²) in [4.78, 5) is 14.4. The molecule has 0 N–H and O–H groups in total. The fourth-order valence-electron chi connectivity index (χ4n) is 3.11. The van der Waals surface area contributed by atoms with E-state index in [4.69, 9.17) is 4.74 Å². The van der Waals surface area contributed by atoms with Crippen molar-refractivity contribution >= 4 is 5.91 Å². The van der Waals surface area contributed by atoms with Crippen LogP contribution < -0.4 is 0 Å². The maximum Gasteiger partial charge on any atom is 0.257 e. The summed E-state index contributed by atoms with van der Waals surface area (Å²) in [6.07, 6.45) is 0.842. The van der Waals surface area contributed by atoms with Gasteiger partial charge >= 0.3 is 0 Å². The zero-order chi connectivity index (χ0) is 15.0. The van der Waals surface area contributed by atoms with Crippen LogP contribution in [0.15, 0.2) is 54.6 Å². The number of nitrogens with zero attached hydrogens (tertiary/aromatic N) is 1. The molecular weight excluding hydrogens is 274 g/mol. The Morgan fingerprint density at radius 3 is 2.68 bits per heavy atom. The third-order valence-corrected chi connectivity index (χ3v) is 4.13. The second-order valence-corrected chi connectivity index (χ2v) is 5.46. The number of amides is 1. The molecule has 2 aliphatic rings. The van der Waals surface area contributed by atoms with Gasteiger partial charge in [0.1, 0.15) is 0 Å². The predicted octanol–water partition coefficient (Wildman–Crippen LogP) is 2.77. The highest BCUT2D eigenvalue weighted by Crippen LogP contribution is 2.41. The molecule has 0 radical (unpaired) electrons. The Bertz CT molecular complexity index is 788. The number of benzene rings is 2. The molecule has 3 heteroatoms. The highest BCUT2D eigenvalue weighted by molar-refractivity contribution is 6.00. The Hall–Kier alpha value is -2.57. The van der Waals surface area contributed by atoms with Crippen molar-refractivity contribution in [3.63, 3.8) is 0 Å². The minimum absolute atomic E-state index is 0.0117. The summed E-state index contributed by atoms with van der Waals surface area (Å²) in [5.74, 6) is 6.41. The maximum absolute atomic E-state index is 12.6. The highest BCUT2D eigenvalue weighted by atomic mass is 16.5. The monoisotopic (exact) mass is 289 g/mol. The quantitative estimate of drug-likeness (QED) is 0.698. The lowest BCUT2D eigenvalue weighted by atomic mass is 10.00. The first-order valence-electron chi connectivity index (χ1n) is 7.45. The summed E-state index contributed by atoms with van der Waals surface area (Å²) in [6, 6.07) is 17.4. The number of carbonyl (C=O) groups is 1. The second kappa shape index (κ2) is 5.01. The van der Waals surface area contributed by atoms with E-state index in [1.165, 1.54) is 0 Å². The van der Waals surface area contributed by atoms with Crippen molar-refractivity contribution in [1.29, 1.82) is 0 Å². The number of hydrogen-bond acceptors (Lipinski definition) is 2. The molecule has 1 fully saturated rings. The Morgan fingerprint density at radius 1 is 1.05 bits per heavy atom. The van der Waals surface area contributed by atoms with Crippen LogP contribution in [-0.4, -0.2) is 24.0 Å².